The van der Waals surface area contributed by atoms with Crippen LogP contribution in [0.15, 0.2) is 23.9 Å². The van der Waals surface area contributed by atoms with Crippen LogP contribution in [0.2, 0.25) is 0 Å². The molecule has 3 heteroatoms. The standard InChI is InChI=1S/C12H23N3/c1-4-12(9-14-11(2)3)10-15-7-5-13-6-8-15/h4,13-14H,2,5-10H2,1,3H3/b12-4+. The second-order valence-electron chi connectivity index (χ2n) is 4.11. The molecule has 0 saturated carbocycles. The summed E-state index contributed by atoms with van der Waals surface area (Å²) >= 11 is 0. The molecule has 0 amide bonds. The largest absolute Gasteiger partial charge is 0.385 e. The lowest BCUT2D eigenvalue weighted by Gasteiger charge is -2.28. The van der Waals surface area contributed by atoms with Crippen LogP contribution in [0.4, 0.5) is 0 Å². The van der Waals surface area contributed by atoms with Gasteiger partial charge in [0.25, 0.3) is 0 Å². The van der Waals surface area contributed by atoms with Crippen LogP contribution >= 0.6 is 0 Å². The quantitative estimate of drug-likeness (QED) is 0.661. The van der Waals surface area contributed by atoms with Gasteiger partial charge in [0.05, 0.1) is 0 Å². The van der Waals surface area contributed by atoms with E-state index in [-0.39, 0.29) is 0 Å². The Kier molecular flexibility index (Phi) is 5.43. The number of nitrogens with one attached hydrogen (secondary N) is 2. The third-order valence-electron chi connectivity index (χ3n) is 2.66. The molecule has 1 aliphatic rings. The first-order valence-electron chi connectivity index (χ1n) is 5.69. The highest BCUT2D eigenvalue weighted by Crippen LogP contribution is 2.00. The Balaban J connectivity index is 2.29. The molecule has 1 heterocycles. The molecule has 0 radical (unpaired) electrons. The summed E-state index contributed by atoms with van der Waals surface area (Å²) in [7, 11) is 0. The predicted molar refractivity (Wildman–Crippen MR) is 65.9 cm³/mol. The van der Waals surface area contributed by atoms with Crippen LogP contribution in [0.5, 0.6) is 0 Å². The van der Waals surface area contributed by atoms with Crippen molar-refractivity contribution in [1.82, 2.24) is 15.5 Å². The minimum absolute atomic E-state index is 0.926. The molecule has 1 fully saturated rings. The van der Waals surface area contributed by atoms with Crippen molar-refractivity contribution in [3.8, 4) is 0 Å². The van der Waals surface area contributed by atoms with E-state index in [0.717, 1.165) is 45.0 Å². The molecule has 0 spiro atoms. The molecule has 0 unspecified atom stereocenters. The zero-order chi connectivity index (χ0) is 11.1. The average molecular weight is 209 g/mol. The number of hydrogen-bond acceptors (Lipinski definition) is 3. The fourth-order valence-corrected chi connectivity index (χ4v) is 1.67. The summed E-state index contributed by atoms with van der Waals surface area (Å²) in [6.07, 6.45) is 2.21. The number of allylic oxidation sites excluding steroid dienone is 2. The minimum atomic E-state index is 0.926. The van der Waals surface area contributed by atoms with E-state index in [0.29, 0.717) is 0 Å². The van der Waals surface area contributed by atoms with Crippen molar-refractivity contribution in [3.05, 3.63) is 23.9 Å². The highest BCUT2D eigenvalue weighted by molar-refractivity contribution is 5.07. The lowest BCUT2D eigenvalue weighted by molar-refractivity contribution is 0.258. The Morgan fingerprint density at radius 3 is 2.67 bits per heavy atom. The Hall–Kier alpha value is -0.800. The van der Waals surface area contributed by atoms with E-state index in [1.807, 2.05) is 6.92 Å². The molecule has 2 N–H and O–H groups in total. The molecule has 1 aliphatic heterocycles. The van der Waals surface area contributed by atoms with Crippen molar-refractivity contribution in [2.24, 2.45) is 0 Å². The topological polar surface area (TPSA) is 27.3 Å². The van der Waals surface area contributed by atoms with Crippen LogP contribution < -0.4 is 10.6 Å². The van der Waals surface area contributed by atoms with Gasteiger partial charge in [-0.25, -0.2) is 0 Å². The smallest absolute Gasteiger partial charge is 0.0369 e. The Morgan fingerprint density at radius 2 is 2.13 bits per heavy atom. The molecule has 86 valence electrons. The third kappa shape index (κ3) is 5.00. The fraction of sp³-hybridized carbons (Fsp3) is 0.667. The summed E-state index contributed by atoms with van der Waals surface area (Å²) in [5.41, 5.74) is 2.48. The second kappa shape index (κ2) is 6.64. The van der Waals surface area contributed by atoms with Gasteiger partial charge in [-0.2, -0.15) is 0 Å². The monoisotopic (exact) mass is 209 g/mol. The van der Waals surface area contributed by atoms with Crippen LogP contribution in [-0.4, -0.2) is 44.2 Å². The van der Waals surface area contributed by atoms with Crippen molar-refractivity contribution >= 4 is 0 Å². The maximum atomic E-state index is 3.85. The van der Waals surface area contributed by atoms with Crippen LogP contribution in [-0.2, 0) is 0 Å². The molecule has 0 bridgehead atoms. The Morgan fingerprint density at radius 1 is 1.47 bits per heavy atom. The number of piperazine rings is 1. The molecule has 0 aromatic carbocycles. The molecule has 15 heavy (non-hydrogen) atoms. The number of hydrogen-bond donors (Lipinski definition) is 2. The molecule has 0 aromatic rings. The Labute approximate surface area is 93.2 Å². The first-order chi connectivity index (χ1) is 7.22. The van der Waals surface area contributed by atoms with E-state index in [2.05, 4.69) is 35.1 Å². The highest BCUT2D eigenvalue weighted by Gasteiger charge is 2.10. The minimum Gasteiger partial charge on any atom is -0.385 e. The van der Waals surface area contributed by atoms with E-state index in [1.54, 1.807) is 0 Å². The van der Waals surface area contributed by atoms with Crippen LogP contribution in [0.3, 0.4) is 0 Å². The first-order valence-corrected chi connectivity index (χ1v) is 5.69. The third-order valence-corrected chi connectivity index (χ3v) is 2.66. The summed E-state index contributed by atoms with van der Waals surface area (Å²) in [6.45, 7) is 14.5. The molecule has 3 nitrogen and oxygen atoms in total. The van der Waals surface area contributed by atoms with Crippen molar-refractivity contribution in [2.75, 3.05) is 39.3 Å². The summed E-state index contributed by atoms with van der Waals surface area (Å²) in [5.74, 6) is 0. The summed E-state index contributed by atoms with van der Waals surface area (Å²) in [6, 6.07) is 0. The number of rotatable bonds is 5. The second-order valence-corrected chi connectivity index (χ2v) is 4.11. The van der Waals surface area contributed by atoms with Gasteiger partial charge in [-0.15, -0.1) is 0 Å². The van der Waals surface area contributed by atoms with Gasteiger partial charge >= 0.3 is 0 Å². The van der Waals surface area contributed by atoms with E-state index < -0.39 is 0 Å². The average Bonchev–Trinajstić information content (AvgIpc) is 2.25. The lowest BCUT2D eigenvalue weighted by atomic mass is 10.2. The maximum absolute atomic E-state index is 3.85. The summed E-state index contributed by atoms with van der Waals surface area (Å²) in [4.78, 5) is 2.49. The molecule has 1 saturated heterocycles. The van der Waals surface area contributed by atoms with Gasteiger partial charge in [-0.1, -0.05) is 12.7 Å². The summed E-state index contributed by atoms with van der Waals surface area (Å²) < 4.78 is 0. The van der Waals surface area contributed by atoms with Gasteiger partial charge < -0.3 is 10.6 Å². The van der Waals surface area contributed by atoms with Gasteiger partial charge in [0.1, 0.15) is 0 Å². The zero-order valence-corrected chi connectivity index (χ0v) is 9.97. The van der Waals surface area contributed by atoms with Crippen LogP contribution in [0.25, 0.3) is 0 Å². The molecule has 0 aromatic heterocycles. The Bertz CT molecular complexity index is 227. The molecule has 0 atom stereocenters. The van der Waals surface area contributed by atoms with Gasteiger partial charge in [-0.05, 0) is 19.4 Å². The maximum Gasteiger partial charge on any atom is 0.0369 e. The van der Waals surface area contributed by atoms with Crippen LogP contribution in [0.1, 0.15) is 13.8 Å². The van der Waals surface area contributed by atoms with Crippen molar-refractivity contribution in [2.45, 2.75) is 13.8 Å². The van der Waals surface area contributed by atoms with Crippen molar-refractivity contribution in [3.63, 3.8) is 0 Å². The van der Waals surface area contributed by atoms with Gasteiger partial charge in [0.2, 0.25) is 0 Å². The molecular weight excluding hydrogens is 186 g/mol. The van der Waals surface area contributed by atoms with Crippen LogP contribution in [0, 0.1) is 0 Å². The molecule has 1 rings (SSSR count). The van der Waals surface area contributed by atoms with Gasteiger partial charge in [0.15, 0.2) is 0 Å². The van der Waals surface area contributed by atoms with E-state index >= 15 is 0 Å². The molecule has 0 aliphatic carbocycles. The van der Waals surface area contributed by atoms with E-state index in [1.165, 1.54) is 5.57 Å². The highest BCUT2D eigenvalue weighted by atomic mass is 15.2. The normalized spacial score (nSPS) is 18.9. The molecular formula is C12H23N3. The predicted octanol–water partition coefficient (Wildman–Crippen LogP) is 0.961. The van der Waals surface area contributed by atoms with Gasteiger partial charge in [-0.3, -0.25) is 4.90 Å². The van der Waals surface area contributed by atoms with Crippen molar-refractivity contribution in [1.29, 1.82) is 0 Å². The van der Waals surface area contributed by atoms with E-state index in [4.69, 9.17) is 0 Å². The van der Waals surface area contributed by atoms with E-state index in [9.17, 15) is 0 Å². The SMILES string of the molecule is C=C(C)NC/C(=C\C)CN1CCNCC1. The lowest BCUT2D eigenvalue weighted by Crippen LogP contribution is -2.44. The van der Waals surface area contributed by atoms with Crippen molar-refractivity contribution < 1.29 is 0 Å². The zero-order valence-electron chi connectivity index (χ0n) is 9.97. The number of nitrogens with zero attached hydrogens (tertiary/aromatic N) is 1. The van der Waals surface area contributed by atoms with Gasteiger partial charge in [0, 0.05) is 45.0 Å². The first kappa shape index (κ1) is 12.3. The fourth-order valence-electron chi connectivity index (χ4n) is 1.67. The summed E-state index contributed by atoms with van der Waals surface area (Å²) in [5, 5.41) is 6.65.